The normalized spacial score (nSPS) is 22.0. The lowest BCUT2D eigenvalue weighted by Gasteiger charge is -2.35. The zero-order valence-corrected chi connectivity index (χ0v) is 15.9. The summed E-state index contributed by atoms with van der Waals surface area (Å²) in [5.41, 5.74) is 4.15. The maximum Gasteiger partial charge on any atom is 0.0366 e. The molecule has 0 radical (unpaired) electrons. The summed E-state index contributed by atoms with van der Waals surface area (Å²) in [4.78, 5) is 5.13. The molecule has 1 atom stereocenters. The molecule has 0 amide bonds. The first-order chi connectivity index (χ1) is 12.8. The Morgan fingerprint density at radius 3 is 2.27 bits per heavy atom. The van der Waals surface area contributed by atoms with Gasteiger partial charge in [-0.3, -0.25) is 4.90 Å². The Morgan fingerprint density at radius 1 is 0.846 bits per heavy atom. The fourth-order valence-electron chi connectivity index (χ4n) is 4.35. The number of likely N-dealkylation sites (tertiary alicyclic amines) is 1. The summed E-state index contributed by atoms with van der Waals surface area (Å²) in [7, 11) is 0. The second-order valence-electron chi connectivity index (χ2n) is 7.97. The molecule has 0 unspecified atom stereocenters. The van der Waals surface area contributed by atoms with Crippen molar-refractivity contribution in [3.05, 3.63) is 65.7 Å². The van der Waals surface area contributed by atoms with Crippen LogP contribution >= 0.6 is 0 Å². The van der Waals surface area contributed by atoms with Crippen LogP contribution in [-0.4, -0.2) is 43.2 Å². The largest absolute Gasteiger partial charge is 0.371 e. The van der Waals surface area contributed by atoms with E-state index in [1.54, 1.807) is 0 Å². The van der Waals surface area contributed by atoms with Gasteiger partial charge in [0, 0.05) is 50.5 Å². The maximum atomic E-state index is 3.95. The molecule has 2 aromatic rings. The third-order valence-corrected chi connectivity index (χ3v) is 5.89. The number of rotatable bonds is 5. The molecule has 1 N–H and O–H groups in total. The highest BCUT2D eigenvalue weighted by atomic mass is 15.2. The number of nitrogens with one attached hydrogen (secondary N) is 1. The molecule has 3 heteroatoms. The Hall–Kier alpha value is -1.84. The first-order valence-electron chi connectivity index (χ1n) is 10.1. The quantitative estimate of drug-likeness (QED) is 0.885. The fourth-order valence-corrected chi connectivity index (χ4v) is 4.35. The molecular weight excluding hydrogens is 318 g/mol. The summed E-state index contributed by atoms with van der Waals surface area (Å²) < 4.78 is 0. The van der Waals surface area contributed by atoms with Crippen molar-refractivity contribution in [2.24, 2.45) is 0 Å². The van der Waals surface area contributed by atoms with Gasteiger partial charge in [-0.1, -0.05) is 48.0 Å². The van der Waals surface area contributed by atoms with E-state index in [1.165, 1.54) is 62.3 Å². The van der Waals surface area contributed by atoms with Crippen molar-refractivity contribution >= 4 is 5.69 Å². The third-order valence-electron chi connectivity index (χ3n) is 5.89. The van der Waals surface area contributed by atoms with E-state index in [0.29, 0.717) is 12.1 Å². The Morgan fingerprint density at radius 2 is 1.54 bits per heavy atom. The summed E-state index contributed by atoms with van der Waals surface area (Å²) in [6, 6.07) is 21.2. The molecule has 0 aromatic heterocycles. The van der Waals surface area contributed by atoms with Crippen molar-refractivity contribution in [3.8, 4) is 0 Å². The molecule has 0 spiro atoms. The van der Waals surface area contributed by atoms with E-state index in [1.807, 2.05) is 0 Å². The molecular formula is C23H31N3. The van der Waals surface area contributed by atoms with Crippen LogP contribution in [0.15, 0.2) is 54.6 Å². The van der Waals surface area contributed by atoms with Gasteiger partial charge in [0.25, 0.3) is 0 Å². The van der Waals surface area contributed by atoms with Crippen molar-refractivity contribution in [2.75, 3.05) is 31.1 Å². The summed E-state index contributed by atoms with van der Waals surface area (Å²) in [6.45, 7) is 7.98. The summed E-state index contributed by atoms with van der Waals surface area (Å²) in [5.74, 6) is 0. The molecule has 0 aliphatic carbocycles. The van der Waals surface area contributed by atoms with E-state index in [2.05, 4.69) is 76.6 Å². The molecule has 2 saturated heterocycles. The molecule has 26 heavy (non-hydrogen) atoms. The van der Waals surface area contributed by atoms with Crippen molar-refractivity contribution in [2.45, 2.75) is 44.8 Å². The highest BCUT2D eigenvalue weighted by Crippen LogP contribution is 2.22. The highest BCUT2D eigenvalue weighted by Gasteiger charge is 2.26. The minimum absolute atomic E-state index is 0.662. The molecule has 2 aliphatic rings. The van der Waals surface area contributed by atoms with Gasteiger partial charge in [-0.25, -0.2) is 0 Å². The van der Waals surface area contributed by atoms with Gasteiger partial charge in [0.2, 0.25) is 0 Å². The van der Waals surface area contributed by atoms with Crippen LogP contribution in [0.3, 0.4) is 0 Å². The van der Waals surface area contributed by atoms with E-state index in [4.69, 9.17) is 0 Å². The van der Waals surface area contributed by atoms with E-state index >= 15 is 0 Å². The molecule has 3 nitrogen and oxygen atoms in total. The molecule has 2 heterocycles. The molecule has 138 valence electrons. The molecule has 2 aliphatic heterocycles. The van der Waals surface area contributed by atoms with E-state index < -0.39 is 0 Å². The second kappa shape index (κ2) is 8.24. The first kappa shape index (κ1) is 17.6. The van der Waals surface area contributed by atoms with Gasteiger partial charge < -0.3 is 10.2 Å². The van der Waals surface area contributed by atoms with Gasteiger partial charge in [-0.05, 0) is 43.9 Å². The Balaban J connectivity index is 1.22. The van der Waals surface area contributed by atoms with Crippen molar-refractivity contribution in [3.63, 3.8) is 0 Å². The average Bonchev–Trinajstić information content (AvgIpc) is 3.11. The standard InChI is InChI=1S/C23H31N3/c1-19-7-9-23(10-8-19)26-15-12-21(13-16-26)24-22-11-14-25(18-22)17-20-5-3-2-4-6-20/h2-10,21-22,24H,11-18H2,1H3/t22-/m0/s1. The van der Waals surface area contributed by atoms with Crippen molar-refractivity contribution in [1.82, 2.24) is 10.2 Å². The van der Waals surface area contributed by atoms with Gasteiger partial charge in [0.05, 0.1) is 0 Å². The van der Waals surface area contributed by atoms with Gasteiger partial charge in [-0.15, -0.1) is 0 Å². The lowest BCUT2D eigenvalue weighted by molar-refractivity contribution is 0.306. The Kier molecular flexibility index (Phi) is 5.57. The lowest BCUT2D eigenvalue weighted by atomic mass is 10.0. The topological polar surface area (TPSA) is 18.5 Å². The second-order valence-corrected chi connectivity index (χ2v) is 7.97. The van der Waals surface area contributed by atoms with Gasteiger partial charge in [0.1, 0.15) is 0 Å². The predicted molar refractivity (Wildman–Crippen MR) is 110 cm³/mol. The van der Waals surface area contributed by atoms with Crippen LogP contribution in [0.25, 0.3) is 0 Å². The van der Waals surface area contributed by atoms with Crippen LogP contribution < -0.4 is 10.2 Å². The van der Waals surface area contributed by atoms with E-state index in [0.717, 1.165) is 6.54 Å². The SMILES string of the molecule is Cc1ccc(N2CCC(N[C@H]3CCN(Cc4ccccc4)C3)CC2)cc1. The number of benzene rings is 2. The van der Waals surface area contributed by atoms with Crippen LogP contribution in [-0.2, 0) is 6.54 Å². The summed E-state index contributed by atoms with van der Waals surface area (Å²) in [5, 5.41) is 3.95. The highest BCUT2D eigenvalue weighted by molar-refractivity contribution is 5.47. The van der Waals surface area contributed by atoms with Crippen LogP contribution in [0.2, 0.25) is 0 Å². The number of anilines is 1. The Labute approximate surface area is 158 Å². The zero-order valence-electron chi connectivity index (χ0n) is 15.9. The lowest BCUT2D eigenvalue weighted by Crippen LogP contribution is -2.47. The predicted octanol–water partition coefficient (Wildman–Crippen LogP) is 3.83. The summed E-state index contributed by atoms with van der Waals surface area (Å²) >= 11 is 0. The molecule has 0 saturated carbocycles. The smallest absolute Gasteiger partial charge is 0.0366 e. The number of nitrogens with zero attached hydrogens (tertiary/aromatic N) is 2. The molecule has 2 fully saturated rings. The minimum Gasteiger partial charge on any atom is -0.371 e. The van der Waals surface area contributed by atoms with Gasteiger partial charge in [-0.2, -0.15) is 0 Å². The maximum absolute atomic E-state index is 3.95. The first-order valence-corrected chi connectivity index (χ1v) is 10.1. The minimum atomic E-state index is 0.662. The van der Waals surface area contributed by atoms with Crippen LogP contribution in [0.4, 0.5) is 5.69 Å². The van der Waals surface area contributed by atoms with Gasteiger partial charge >= 0.3 is 0 Å². The number of piperidine rings is 1. The number of hydrogen-bond donors (Lipinski definition) is 1. The third kappa shape index (κ3) is 4.46. The number of hydrogen-bond acceptors (Lipinski definition) is 3. The van der Waals surface area contributed by atoms with E-state index in [9.17, 15) is 0 Å². The van der Waals surface area contributed by atoms with E-state index in [-0.39, 0.29) is 0 Å². The molecule has 0 bridgehead atoms. The van der Waals surface area contributed by atoms with Crippen molar-refractivity contribution in [1.29, 1.82) is 0 Å². The average molecular weight is 350 g/mol. The van der Waals surface area contributed by atoms with Crippen molar-refractivity contribution < 1.29 is 0 Å². The molecule has 4 rings (SSSR count). The van der Waals surface area contributed by atoms with Crippen LogP contribution in [0.5, 0.6) is 0 Å². The Bertz CT molecular complexity index is 674. The monoisotopic (exact) mass is 349 g/mol. The van der Waals surface area contributed by atoms with Crippen LogP contribution in [0.1, 0.15) is 30.4 Å². The molecule has 2 aromatic carbocycles. The van der Waals surface area contributed by atoms with Gasteiger partial charge in [0.15, 0.2) is 0 Å². The fraction of sp³-hybridized carbons (Fsp3) is 0.478. The summed E-state index contributed by atoms with van der Waals surface area (Å²) in [6.07, 6.45) is 3.79. The zero-order chi connectivity index (χ0) is 17.8. The number of aryl methyl sites for hydroxylation is 1. The van der Waals surface area contributed by atoms with Crippen LogP contribution in [0, 0.1) is 6.92 Å².